The van der Waals surface area contributed by atoms with Crippen molar-refractivity contribution >= 4 is 44.3 Å². The number of nitrogens with zero attached hydrogens (tertiary/aromatic N) is 2. The largest absolute Gasteiger partial charge is 0.459 e. The van der Waals surface area contributed by atoms with Gasteiger partial charge in [0.1, 0.15) is 18.2 Å². The maximum absolute atomic E-state index is 12.3. The molecule has 0 amide bonds. The molecule has 1 heterocycles. The quantitative estimate of drug-likeness (QED) is 0.549. The predicted octanol–water partition coefficient (Wildman–Crippen LogP) is 5.63. The molecule has 0 bridgehead atoms. The molecule has 1 N–H and O–H groups in total. The Morgan fingerprint density at radius 1 is 1.04 bits per heavy atom. The molecule has 0 radical (unpaired) electrons. The monoisotopic (exact) mass is 425 g/mol. The first kappa shape index (κ1) is 17.9. The number of fused-ring (bicyclic) bond motifs is 1. The van der Waals surface area contributed by atoms with Crippen molar-refractivity contribution in [2.24, 2.45) is 0 Å². The third kappa shape index (κ3) is 4.27. The number of carbonyl (C=O) groups is 1. The fourth-order valence-electron chi connectivity index (χ4n) is 3.36. The van der Waals surface area contributed by atoms with Crippen LogP contribution in [-0.2, 0) is 4.74 Å². The van der Waals surface area contributed by atoms with Gasteiger partial charge in [-0.05, 0) is 68.1 Å². The Kier molecular flexibility index (Phi) is 5.34. The summed E-state index contributed by atoms with van der Waals surface area (Å²) in [5, 5.41) is 4.22. The summed E-state index contributed by atoms with van der Waals surface area (Å²) in [6.45, 7) is 0. The number of aromatic nitrogens is 2. The lowest BCUT2D eigenvalue weighted by Gasteiger charge is -2.21. The number of rotatable bonds is 4. The Labute approximate surface area is 166 Å². The molecule has 27 heavy (non-hydrogen) atoms. The van der Waals surface area contributed by atoms with E-state index in [0.29, 0.717) is 5.56 Å². The minimum absolute atomic E-state index is 0.0647. The highest BCUT2D eigenvalue weighted by Gasteiger charge is 2.18. The summed E-state index contributed by atoms with van der Waals surface area (Å²) in [5.41, 5.74) is 2.29. The van der Waals surface area contributed by atoms with Crippen molar-refractivity contribution in [3.05, 3.63) is 58.8 Å². The number of esters is 1. The second-order valence-electron chi connectivity index (χ2n) is 6.75. The average molecular weight is 426 g/mol. The highest BCUT2D eigenvalue weighted by Crippen LogP contribution is 2.26. The second-order valence-corrected chi connectivity index (χ2v) is 7.67. The first-order chi connectivity index (χ1) is 13.2. The lowest BCUT2D eigenvalue weighted by Crippen LogP contribution is -2.20. The molecule has 138 valence electrons. The molecule has 1 aliphatic carbocycles. The van der Waals surface area contributed by atoms with Gasteiger partial charge >= 0.3 is 5.97 Å². The molecule has 0 atom stereocenters. The third-order valence-corrected chi connectivity index (χ3v) is 5.30. The van der Waals surface area contributed by atoms with Crippen molar-refractivity contribution in [1.82, 2.24) is 9.97 Å². The van der Waals surface area contributed by atoms with E-state index in [-0.39, 0.29) is 12.1 Å². The zero-order valence-corrected chi connectivity index (χ0v) is 16.4. The normalized spacial score (nSPS) is 14.9. The highest BCUT2D eigenvalue weighted by atomic mass is 79.9. The fraction of sp³-hybridized carbons (Fsp3) is 0.286. The Hall–Kier alpha value is -2.47. The van der Waals surface area contributed by atoms with E-state index in [9.17, 15) is 4.79 Å². The predicted molar refractivity (Wildman–Crippen MR) is 109 cm³/mol. The Morgan fingerprint density at radius 2 is 1.81 bits per heavy atom. The van der Waals surface area contributed by atoms with E-state index in [2.05, 4.69) is 31.2 Å². The molecule has 1 fully saturated rings. The number of ether oxygens (including phenoxy) is 1. The first-order valence-corrected chi connectivity index (χ1v) is 9.97. The molecule has 4 rings (SSSR count). The van der Waals surface area contributed by atoms with E-state index in [1.165, 1.54) is 12.7 Å². The van der Waals surface area contributed by atoms with E-state index in [0.717, 1.165) is 52.6 Å². The van der Waals surface area contributed by atoms with Gasteiger partial charge in [0.05, 0.1) is 11.1 Å². The van der Waals surface area contributed by atoms with Crippen LogP contribution in [0.5, 0.6) is 0 Å². The van der Waals surface area contributed by atoms with Crippen LogP contribution >= 0.6 is 15.9 Å². The van der Waals surface area contributed by atoms with Gasteiger partial charge in [0, 0.05) is 15.5 Å². The summed E-state index contributed by atoms with van der Waals surface area (Å²) in [5.74, 6) is 0.476. The molecule has 0 aliphatic heterocycles. The molecule has 0 spiro atoms. The molecule has 6 heteroatoms. The van der Waals surface area contributed by atoms with Gasteiger partial charge in [-0.1, -0.05) is 22.4 Å². The smallest absolute Gasteiger partial charge is 0.338 e. The Morgan fingerprint density at radius 3 is 2.59 bits per heavy atom. The number of hydrogen-bond donors (Lipinski definition) is 1. The standard InChI is InChI=1S/C21H20BrN3O2/c22-15-8-11-19-18(12-15)20(24-13-23-19)25-16-9-6-14(7-10-16)21(26)27-17-4-2-1-3-5-17/h6-13,17H,1-5H2,(H,23,24,25). The summed E-state index contributed by atoms with van der Waals surface area (Å²) in [4.78, 5) is 21.0. The van der Waals surface area contributed by atoms with E-state index in [1.807, 2.05) is 30.3 Å². The number of anilines is 2. The lowest BCUT2D eigenvalue weighted by molar-refractivity contribution is 0.0211. The van der Waals surface area contributed by atoms with Gasteiger partial charge in [-0.15, -0.1) is 0 Å². The van der Waals surface area contributed by atoms with Crippen LogP contribution in [0.4, 0.5) is 11.5 Å². The van der Waals surface area contributed by atoms with Crippen LogP contribution in [0, 0.1) is 0 Å². The number of nitrogens with one attached hydrogen (secondary N) is 1. The minimum Gasteiger partial charge on any atom is -0.459 e. The van der Waals surface area contributed by atoms with Gasteiger partial charge < -0.3 is 10.1 Å². The van der Waals surface area contributed by atoms with Crippen LogP contribution in [-0.4, -0.2) is 22.0 Å². The summed E-state index contributed by atoms with van der Waals surface area (Å²) in [6, 6.07) is 13.2. The van der Waals surface area contributed by atoms with Crippen molar-refractivity contribution in [3.63, 3.8) is 0 Å². The summed E-state index contributed by atoms with van der Waals surface area (Å²) >= 11 is 3.48. The van der Waals surface area contributed by atoms with E-state index >= 15 is 0 Å². The third-order valence-electron chi connectivity index (χ3n) is 4.81. The molecule has 5 nitrogen and oxygen atoms in total. The molecule has 1 saturated carbocycles. The van der Waals surface area contributed by atoms with Crippen molar-refractivity contribution in [2.45, 2.75) is 38.2 Å². The van der Waals surface area contributed by atoms with Crippen molar-refractivity contribution in [1.29, 1.82) is 0 Å². The number of hydrogen-bond acceptors (Lipinski definition) is 5. The molecule has 1 aromatic heterocycles. The van der Waals surface area contributed by atoms with Crippen LogP contribution in [0.3, 0.4) is 0 Å². The molecule has 3 aromatic rings. The topological polar surface area (TPSA) is 64.1 Å². The van der Waals surface area contributed by atoms with Gasteiger partial charge in [0.25, 0.3) is 0 Å². The Bertz CT molecular complexity index is 953. The number of carbonyl (C=O) groups excluding carboxylic acids is 1. The molecule has 0 saturated heterocycles. The zero-order chi connectivity index (χ0) is 18.6. The van der Waals surface area contributed by atoms with E-state index < -0.39 is 0 Å². The maximum atomic E-state index is 12.3. The van der Waals surface area contributed by atoms with Crippen molar-refractivity contribution in [2.75, 3.05) is 5.32 Å². The maximum Gasteiger partial charge on any atom is 0.338 e. The average Bonchev–Trinajstić information content (AvgIpc) is 2.70. The van der Waals surface area contributed by atoms with E-state index in [4.69, 9.17) is 4.74 Å². The molecular weight excluding hydrogens is 406 g/mol. The van der Waals surface area contributed by atoms with Crippen LogP contribution in [0.25, 0.3) is 10.9 Å². The summed E-state index contributed by atoms with van der Waals surface area (Å²) in [6.07, 6.45) is 7.07. The number of halogens is 1. The second kappa shape index (κ2) is 8.05. The molecule has 0 unspecified atom stereocenters. The Balaban J connectivity index is 1.48. The van der Waals surface area contributed by atoms with Crippen molar-refractivity contribution < 1.29 is 9.53 Å². The lowest BCUT2D eigenvalue weighted by atomic mass is 9.98. The summed E-state index contributed by atoms with van der Waals surface area (Å²) < 4.78 is 6.59. The molecule has 1 aliphatic rings. The van der Waals surface area contributed by atoms with Crippen LogP contribution in [0.2, 0.25) is 0 Å². The fourth-order valence-corrected chi connectivity index (χ4v) is 3.72. The van der Waals surface area contributed by atoms with Crippen LogP contribution in [0.15, 0.2) is 53.3 Å². The van der Waals surface area contributed by atoms with Gasteiger partial charge in [-0.3, -0.25) is 0 Å². The SMILES string of the molecule is O=C(OC1CCCCC1)c1ccc(Nc2ncnc3ccc(Br)cc23)cc1. The van der Waals surface area contributed by atoms with Gasteiger partial charge in [0.2, 0.25) is 0 Å². The molecular formula is C21H20BrN3O2. The first-order valence-electron chi connectivity index (χ1n) is 9.17. The van der Waals surface area contributed by atoms with Crippen molar-refractivity contribution in [3.8, 4) is 0 Å². The van der Waals surface area contributed by atoms with Gasteiger partial charge in [-0.25, -0.2) is 14.8 Å². The molecule has 2 aromatic carbocycles. The van der Waals surface area contributed by atoms with Crippen LogP contribution in [0.1, 0.15) is 42.5 Å². The van der Waals surface area contributed by atoms with Gasteiger partial charge in [-0.2, -0.15) is 0 Å². The number of benzene rings is 2. The highest BCUT2D eigenvalue weighted by molar-refractivity contribution is 9.10. The zero-order valence-electron chi connectivity index (χ0n) is 14.8. The van der Waals surface area contributed by atoms with Gasteiger partial charge in [0.15, 0.2) is 0 Å². The van der Waals surface area contributed by atoms with E-state index in [1.54, 1.807) is 12.1 Å². The summed E-state index contributed by atoms with van der Waals surface area (Å²) in [7, 11) is 0. The van der Waals surface area contributed by atoms with Crippen LogP contribution < -0.4 is 5.32 Å². The minimum atomic E-state index is -0.245.